The zero-order valence-corrected chi connectivity index (χ0v) is 10.4. The Morgan fingerprint density at radius 2 is 2.20 bits per heavy atom. The Morgan fingerprint density at radius 1 is 1.47 bits per heavy atom. The van der Waals surface area contributed by atoms with Crippen molar-refractivity contribution in [2.24, 2.45) is 0 Å². The summed E-state index contributed by atoms with van der Waals surface area (Å²) >= 11 is 3.26. The molecule has 1 aromatic carbocycles. The van der Waals surface area contributed by atoms with Crippen LogP contribution in [0, 0.1) is 0 Å². The molecule has 0 aliphatic carbocycles. The number of aliphatic hydroxyl groups excluding tert-OH is 1. The number of aryl methyl sites for hydroxylation is 1. The normalized spacial score (nSPS) is 23.5. The number of hydrogen-bond donors (Lipinski definition) is 1. The largest absolute Gasteiger partial charge is 0.395 e. The first-order chi connectivity index (χ1) is 7.05. The number of aliphatic hydroxyl groups is 1. The van der Waals surface area contributed by atoms with E-state index in [0.29, 0.717) is 17.7 Å². The van der Waals surface area contributed by atoms with E-state index in [9.17, 15) is 8.42 Å². The molecular weight excluding hydrogens is 280 g/mol. The molecule has 0 bridgehead atoms. The van der Waals surface area contributed by atoms with Crippen molar-refractivity contribution in [3.63, 3.8) is 0 Å². The van der Waals surface area contributed by atoms with Crippen LogP contribution in [0.3, 0.4) is 0 Å². The van der Waals surface area contributed by atoms with Gasteiger partial charge in [0.15, 0.2) is 9.84 Å². The Balaban J connectivity index is 2.60. The molecule has 82 valence electrons. The van der Waals surface area contributed by atoms with Crippen LogP contribution in [0.15, 0.2) is 27.6 Å². The van der Waals surface area contributed by atoms with Gasteiger partial charge in [0, 0.05) is 4.47 Å². The van der Waals surface area contributed by atoms with Crippen LogP contribution in [-0.4, -0.2) is 25.4 Å². The second-order valence-electron chi connectivity index (χ2n) is 3.64. The highest BCUT2D eigenvalue weighted by atomic mass is 79.9. The molecule has 1 unspecified atom stereocenters. The van der Waals surface area contributed by atoms with Crippen LogP contribution in [0.25, 0.3) is 0 Å². The summed E-state index contributed by atoms with van der Waals surface area (Å²) < 4.78 is 24.8. The smallest absolute Gasteiger partial charge is 0.183 e. The van der Waals surface area contributed by atoms with Crippen LogP contribution in [0.1, 0.15) is 12.0 Å². The molecule has 0 saturated heterocycles. The minimum absolute atomic E-state index is 0.297. The van der Waals surface area contributed by atoms with Crippen molar-refractivity contribution in [2.75, 3.05) is 6.61 Å². The second kappa shape index (κ2) is 3.88. The molecule has 1 aliphatic rings. The fourth-order valence-corrected chi connectivity index (χ4v) is 4.16. The Kier molecular flexibility index (Phi) is 2.87. The second-order valence-corrected chi connectivity index (χ2v) is 6.75. The Bertz CT molecular complexity index is 481. The Morgan fingerprint density at radius 3 is 2.87 bits per heavy atom. The number of sulfone groups is 1. The SMILES string of the molecule is O=S1(=O)c2cc(Br)ccc2CCC1CO. The highest BCUT2D eigenvalue weighted by molar-refractivity contribution is 9.10. The summed E-state index contributed by atoms with van der Waals surface area (Å²) in [7, 11) is -3.34. The molecule has 1 N–H and O–H groups in total. The molecule has 1 atom stereocenters. The van der Waals surface area contributed by atoms with E-state index in [4.69, 9.17) is 5.11 Å². The number of halogens is 1. The molecule has 15 heavy (non-hydrogen) atoms. The standard InChI is InChI=1S/C10H11BrO3S/c11-8-3-1-7-2-4-9(6-12)15(13,14)10(7)5-8/h1,3,5,9,12H,2,4,6H2. The number of hydrogen-bond acceptors (Lipinski definition) is 3. The molecule has 3 nitrogen and oxygen atoms in total. The third-order valence-electron chi connectivity index (χ3n) is 2.71. The van der Waals surface area contributed by atoms with Gasteiger partial charge in [0.1, 0.15) is 0 Å². The lowest BCUT2D eigenvalue weighted by Crippen LogP contribution is -2.30. The molecule has 0 amide bonds. The molecule has 0 spiro atoms. The van der Waals surface area contributed by atoms with Crippen LogP contribution in [0.4, 0.5) is 0 Å². The predicted octanol–water partition coefficient (Wildman–Crippen LogP) is 1.53. The van der Waals surface area contributed by atoms with Gasteiger partial charge in [-0.1, -0.05) is 22.0 Å². The zero-order chi connectivity index (χ0) is 11.1. The van der Waals surface area contributed by atoms with Crippen molar-refractivity contribution in [1.82, 2.24) is 0 Å². The van der Waals surface area contributed by atoms with Crippen molar-refractivity contribution in [1.29, 1.82) is 0 Å². The van der Waals surface area contributed by atoms with Crippen LogP contribution in [0.5, 0.6) is 0 Å². The molecule has 0 saturated carbocycles. The third-order valence-corrected chi connectivity index (χ3v) is 5.46. The summed E-state index contributed by atoms with van der Waals surface area (Å²) in [6.45, 7) is -0.297. The van der Waals surface area contributed by atoms with E-state index in [1.807, 2.05) is 12.1 Å². The van der Waals surface area contributed by atoms with Gasteiger partial charge >= 0.3 is 0 Å². The molecule has 0 radical (unpaired) electrons. The van der Waals surface area contributed by atoms with Crippen LogP contribution >= 0.6 is 15.9 Å². The first kappa shape index (κ1) is 11.1. The number of rotatable bonds is 1. The van der Waals surface area contributed by atoms with E-state index < -0.39 is 15.1 Å². The maximum absolute atomic E-state index is 12.0. The first-order valence-electron chi connectivity index (χ1n) is 4.69. The average molecular weight is 291 g/mol. The lowest BCUT2D eigenvalue weighted by atomic mass is 10.1. The van der Waals surface area contributed by atoms with Gasteiger partial charge in [-0.3, -0.25) is 0 Å². The average Bonchev–Trinajstić information content (AvgIpc) is 2.19. The van der Waals surface area contributed by atoms with Crippen molar-refractivity contribution < 1.29 is 13.5 Å². The summed E-state index contributed by atoms with van der Waals surface area (Å²) in [5, 5.41) is 8.39. The van der Waals surface area contributed by atoms with E-state index in [0.717, 1.165) is 10.0 Å². The highest BCUT2D eigenvalue weighted by Crippen LogP contribution is 2.31. The fourth-order valence-electron chi connectivity index (χ4n) is 1.84. The topological polar surface area (TPSA) is 54.4 Å². The summed E-state index contributed by atoms with van der Waals surface area (Å²) in [4.78, 5) is 0.363. The molecule has 1 aliphatic heterocycles. The van der Waals surface area contributed by atoms with Crippen molar-refractivity contribution in [3.05, 3.63) is 28.2 Å². The third kappa shape index (κ3) is 1.84. The van der Waals surface area contributed by atoms with Gasteiger partial charge < -0.3 is 5.11 Å². The minimum Gasteiger partial charge on any atom is -0.395 e. The molecule has 5 heteroatoms. The van der Waals surface area contributed by atoms with Crippen LogP contribution < -0.4 is 0 Å². The lowest BCUT2D eigenvalue weighted by Gasteiger charge is -2.23. The first-order valence-corrected chi connectivity index (χ1v) is 7.03. The van der Waals surface area contributed by atoms with Crippen LogP contribution in [-0.2, 0) is 16.3 Å². The summed E-state index contributed by atoms with van der Waals surface area (Å²) in [5.74, 6) is 0. The molecule has 0 fully saturated rings. The van der Waals surface area contributed by atoms with Gasteiger partial charge in [-0.05, 0) is 30.5 Å². The maximum Gasteiger partial charge on any atom is 0.183 e. The molecule has 0 aromatic heterocycles. The quantitative estimate of drug-likeness (QED) is 0.853. The van der Waals surface area contributed by atoms with E-state index in [1.165, 1.54) is 0 Å². The molecule has 1 aromatic rings. The van der Waals surface area contributed by atoms with Crippen molar-refractivity contribution in [2.45, 2.75) is 23.0 Å². The van der Waals surface area contributed by atoms with Gasteiger partial charge in [0.2, 0.25) is 0 Å². The van der Waals surface area contributed by atoms with Crippen molar-refractivity contribution >= 4 is 25.8 Å². The fraction of sp³-hybridized carbons (Fsp3) is 0.400. The summed E-state index contributed by atoms with van der Waals surface area (Å²) in [6.07, 6.45) is 1.22. The van der Waals surface area contributed by atoms with E-state index >= 15 is 0 Å². The van der Waals surface area contributed by atoms with Crippen molar-refractivity contribution in [3.8, 4) is 0 Å². The number of fused-ring (bicyclic) bond motifs is 1. The van der Waals surface area contributed by atoms with Gasteiger partial charge in [-0.15, -0.1) is 0 Å². The van der Waals surface area contributed by atoms with Gasteiger partial charge in [0.25, 0.3) is 0 Å². The molecule has 2 rings (SSSR count). The monoisotopic (exact) mass is 290 g/mol. The van der Waals surface area contributed by atoms with Gasteiger partial charge in [0.05, 0.1) is 16.8 Å². The minimum atomic E-state index is -3.34. The van der Waals surface area contributed by atoms with E-state index in [1.54, 1.807) is 6.07 Å². The van der Waals surface area contributed by atoms with E-state index in [2.05, 4.69) is 15.9 Å². The lowest BCUT2D eigenvalue weighted by molar-refractivity contribution is 0.283. The number of benzene rings is 1. The predicted molar refractivity (Wildman–Crippen MR) is 60.5 cm³/mol. The Hall–Kier alpha value is -0.390. The summed E-state index contributed by atoms with van der Waals surface area (Å²) in [5.41, 5.74) is 0.850. The zero-order valence-electron chi connectivity index (χ0n) is 7.98. The summed E-state index contributed by atoms with van der Waals surface area (Å²) in [6, 6.07) is 5.28. The maximum atomic E-state index is 12.0. The van der Waals surface area contributed by atoms with Crippen LogP contribution in [0.2, 0.25) is 0 Å². The van der Waals surface area contributed by atoms with E-state index in [-0.39, 0.29) is 6.61 Å². The van der Waals surface area contributed by atoms with Gasteiger partial charge in [-0.25, -0.2) is 8.42 Å². The molecular formula is C10H11BrO3S. The molecule has 1 heterocycles. The highest BCUT2D eigenvalue weighted by Gasteiger charge is 2.33. The Labute approximate surface area is 97.2 Å². The van der Waals surface area contributed by atoms with Gasteiger partial charge in [-0.2, -0.15) is 0 Å².